The Bertz CT molecular complexity index is 514. The molecule has 0 radical (unpaired) electrons. The molecule has 0 saturated heterocycles. The molecule has 1 heterocycles. The lowest BCUT2D eigenvalue weighted by Gasteiger charge is -1.97. The van der Waals surface area contributed by atoms with Crippen molar-refractivity contribution in [1.29, 1.82) is 0 Å². The molecule has 0 atom stereocenters. The first kappa shape index (κ1) is 8.13. The molecule has 2 aromatic rings. The van der Waals surface area contributed by atoms with Gasteiger partial charge in [0.25, 0.3) is 0 Å². The maximum Gasteiger partial charge on any atom is 0.185 e. The Morgan fingerprint density at radius 1 is 1.31 bits per heavy atom. The minimum absolute atomic E-state index is 0.267. The first-order chi connectivity index (χ1) is 6.31. The van der Waals surface area contributed by atoms with Crippen molar-refractivity contribution < 1.29 is 9.21 Å². The maximum atomic E-state index is 10.5. The van der Waals surface area contributed by atoms with Gasteiger partial charge in [0, 0.05) is 11.5 Å². The van der Waals surface area contributed by atoms with Crippen LogP contribution in [0.5, 0.6) is 0 Å². The van der Waals surface area contributed by atoms with Gasteiger partial charge < -0.3 is 4.42 Å². The molecule has 1 aromatic carbocycles. The van der Waals surface area contributed by atoms with Crippen LogP contribution in [0.25, 0.3) is 11.0 Å². The molecule has 0 bridgehead atoms. The van der Waals surface area contributed by atoms with E-state index in [4.69, 9.17) is 16.6 Å². The standard InChI is InChI=1S/C10H6O2S/c11-6-7-5-10(13)8-3-1-2-4-9(8)12-7/h1-6H. The monoisotopic (exact) mass is 190 g/mol. The van der Waals surface area contributed by atoms with Crippen LogP contribution >= 0.6 is 12.2 Å². The lowest BCUT2D eigenvalue weighted by molar-refractivity contribution is 0.110. The van der Waals surface area contributed by atoms with Gasteiger partial charge in [0.2, 0.25) is 0 Å². The van der Waals surface area contributed by atoms with Gasteiger partial charge in [-0.3, -0.25) is 4.79 Å². The van der Waals surface area contributed by atoms with Crippen molar-refractivity contribution in [1.82, 2.24) is 0 Å². The molecular formula is C10H6O2S. The van der Waals surface area contributed by atoms with Crippen LogP contribution < -0.4 is 0 Å². The number of benzene rings is 1. The highest BCUT2D eigenvalue weighted by Crippen LogP contribution is 2.16. The van der Waals surface area contributed by atoms with E-state index in [1.165, 1.54) is 0 Å². The summed E-state index contributed by atoms with van der Waals surface area (Å²) < 4.78 is 5.90. The number of hydrogen-bond donors (Lipinski definition) is 0. The van der Waals surface area contributed by atoms with E-state index >= 15 is 0 Å². The van der Waals surface area contributed by atoms with Crippen molar-refractivity contribution in [3.8, 4) is 0 Å². The van der Waals surface area contributed by atoms with Crippen LogP contribution in [0.15, 0.2) is 34.7 Å². The second-order valence-electron chi connectivity index (χ2n) is 2.63. The number of fused-ring (bicyclic) bond motifs is 1. The summed E-state index contributed by atoms with van der Waals surface area (Å²) >= 11 is 5.09. The number of carbonyl (C=O) groups is 1. The molecule has 0 saturated carbocycles. The summed E-state index contributed by atoms with van der Waals surface area (Å²) in [5.74, 6) is 0.267. The van der Waals surface area contributed by atoms with Crippen LogP contribution in [0.4, 0.5) is 0 Å². The van der Waals surface area contributed by atoms with Crippen LogP contribution in [-0.4, -0.2) is 6.29 Å². The Hall–Kier alpha value is -1.48. The van der Waals surface area contributed by atoms with Gasteiger partial charge in [0.1, 0.15) is 5.58 Å². The van der Waals surface area contributed by atoms with Crippen LogP contribution in [0, 0.1) is 4.51 Å². The highest BCUT2D eigenvalue weighted by molar-refractivity contribution is 7.71. The predicted molar refractivity (Wildman–Crippen MR) is 52.4 cm³/mol. The van der Waals surface area contributed by atoms with E-state index in [0.717, 1.165) is 5.39 Å². The van der Waals surface area contributed by atoms with Crippen LogP contribution in [0.1, 0.15) is 10.6 Å². The van der Waals surface area contributed by atoms with E-state index in [1.54, 1.807) is 12.1 Å². The molecule has 0 spiro atoms. The van der Waals surface area contributed by atoms with Crippen molar-refractivity contribution in [3.05, 3.63) is 40.6 Å². The summed E-state index contributed by atoms with van der Waals surface area (Å²) in [6.07, 6.45) is 0.655. The Balaban J connectivity index is 2.92. The van der Waals surface area contributed by atoms with Crippen molar-refractivity contribution in [2.24, 2.45) is 0 Å². The maximum absolute atomic E-state index is 10.5. The third-order valence-corrected chi connectivity index (χ3v) is 2.11. The molecule has 3 heteroatoms. The Morgan fingerprint density at radius 3 is 2.85 bits per heavy atom. The predicted octanol–water partition coefficient (Wildman–Crippen LogP) is 2.97. The minimum atomic E-state index is 0.267. The molecule has 0 unspecified atom stereocenters. The number of carbonyl (C=O) groups excluding carboxylic acids is 1. The van der Waals surface area contributed by atoms with E-state index < -0.39 is 0 Å². The topological polar surface area (TPSA) is 30.2 Å². The molecule has 64 valence electrons. The van der Waals surface area contributed by atoms with Crippen molar-refractivity contribution in [2.45, 2.75) is 0 Å². The van der Waals surface area contributed by atoms with E-state index in [9.17, 15) is 4.79 Å². The first-order valence-corrected chi connectivity index (χ1v) is 4.20. The Morgan fingerprint density at radius 2 is 2.08 bits per heavy atom. The summed E-state index contributed by atoms with van der Waals surface area (Å²) in [5.41, 5.74) is 0.650. The van der Waals surface area contributed by atoms with Crippen LogP contribution in [-0.2, 0) is 0 Å². The number of para-hydroxylation sites is 1. The quantitative estimate of drug-likeness (QED) is 0.511. The lowest BCUT2D eigenvalue weighted by atomic mass is 10.2. The minimum Gasteiger partial charge on any atom is -0.453 e. The van der Waals surface area contributed by atoms with Crippen molar-refractivity contribution in [2.75, 3.05) is 0 Å². The highest BCUT2D eigenvalue weighted by atomic mass is 32.1. The third-order valence-electron chi connectivity index (χ3n) is 1.77. The summed E-state index contributed by atoms with van der Waals surface area (Å²) in [7, 11) is 0. The van der Waals surface area contributed by atoms with Gasteiger partial charge in [-0.25, -0.2) is 0 Å². The average molecular weight is 190 g/mol. The molecule has 0 amide bonds. The Labute approximate surface area is 79.8 Å². The van der Waals surface area contributed by atoms with E-state index in [-0.39, 0.29) is 5.76 Å². The molecule has 0 fully saturated rings. The van der Waals surface area contributed by atoms with Gasteiger partial charge in [-0.05, 0) is 12.1 Å². The number of aldehydes is 1. The van der Waals surface area contributed by atoms with Gasteiger partial charge in [-0.2, -0.15) is 0 Å². The summed E-state index contributed by atoms with van der Waals surface area (Å²) in [6.45, 7) is 0. The van der Waals surface area contributed by atoms with Crippen LogP contribution in [0.2, 0.25) is 0 Å². The zero-order valence-corrected chi connectivity index (χ0v) is 7.51. The molecule has 13 heavy (non-hydrogen) atoms. The molecule has 0 aliphatic carbocycles. The van der Waals surface area contributed by atoms with Gasteiger partial charge in [0.05, 0.1) is 4.51 Å². The van der Waals surface area contributed by atoms with Crippen LogP contribution in [0.3, 0.4) is 0 Å². The van der Waals surface area contributed by atoms with E-state index in [0.29, 0.717) is 16.4 Å². The smallest absolute Gasteiger partial charge is 0.185 e. The fourth-order valence-corrected chi connectivity index (χ4v) is 1.47. The van der Waals surface area contributed by atoms with Gasteiger partial charge >= 0.3 is 0 Å². The zero-order chi connectivity index (χ0) is 9.26. The molecule has 2 rings (SSSR count). The second kappa shape index (κ2) is 3.11. The fraction of sp³-hybridized carbons (Fsp3) is 0. The zero-order valence-electron chi connectivity index (χ0n) is 6.69. The van der Waals surface area contributed by atoms with Crippen molar-refractivity contribution >= 4 is 29.5 Å². The lowest BCUT2D eigenvalue weighted by Crippen LogP contribution is -1.80. The molecule has 0 aliphatic rings. The second-order valence-corrected chi connectivity index (χ2v) is 3.07. The summed E-state index contributed by atoms with van der Waals surface area (Å²) in [4.78, 5) is 10.5. The molecule has 2 nitrogen and oxygen atoms in total. The molecular weight excluding hydrogens is 184 g/mol. The van der Waals surface area contributed by atoms with Gasteiger partial charge in [-0.1, -0.05) is 24.4 Å². The molecule has 0 N–H and O–H groups in total. The number of hydrogen-bond acceptors (Lipinski definition) is 3. The summed E-state index contributed by atoms with van der Waals surface area (Å²) in [6, 6.07) is 8.95. The Kier molecular flexibility index (Phi) is 1.94. The molecule has 1 aromatic heterocycles. The fourth-order valence-electron chi connectivity index (χ4n) is 1.18. The molecule has 0 aliphatic heterocycles. The van der Waals surface area contributed by atoms with Gasteiger partial charge in [0.15, 0.2) is 12.0 Å². The van der Waals surface area contributed by atoms with Gasteiger partial charge in [-0.15, -0.1) is 0 Å². The SMILES string of the molecule is O=Cc1cc(=S)c2ccccc2o1. The van der Waals surface area contributed by atoms with Crippen molar-refractivity contribution in [3.63, 3.8) is 0 Å². The first-order valence-electron chi connectivity index (χ1n) is 3.79. The number of rotatable bonds is 1. The highest BCUT2D eigenvalue weighted by Gasteiger charge is 1.99. The normalized spacial score (nSPS) is 10.2. The summed E-state index contributed by atoms with van der Waals surface area (Å²) in [5, 5.41) is 0.864. The van der Waals surface area contributed by atoms with E-state index in [1.807, 2.05) is 18.2 Å². The largest absolute Gasteiger partial charge is 0.453 e. The van der Waals surface area contributed by atoms with E-state index in [2.05, 4.69) is 0 Å². The third kappa shape index (κ3) is 1.38. The average Bonchev–Trinajstić information content (AvgIpc) is 2.18.